The maximum absolute atomic E-state index is 5.81. The Morgan fingerprint density at radius 3 is 2.94 bits per heavy atom. The Balaban J connectivity index is 1.87. The van der Waals surface area contributed by atoms with E-state index in [1.165, 1.54) is 18.4 Å². The molecule has 1 aliphatic rings. The molecule has 1 aromatic carbocycles. The molecule has 0 aromatic heterocycles. The molecule has 1 aromatic rings. The number of benzene rings is 1. The van der Waals surface area contributed by atoms with Gasteiger partial charge in [0.25, 0.3) is 0 Å². The predicted octanol–water partition coefficient (Wildman–Crippen LogP) is 3.76. The molecule has 1 fully saturated rings. The van der Waals surface area contributed by atoms with E-state index in [0.717, 1.165) is 18.8 Å². The molecule has 1 heterocycles. The Bertz CT molecular complexity index is 341. The molecular weight excluding hydrogens is 212 g/mol. The van der Waals surface area contributed by atoms with Crippen molar-refractivity contribution < 1.29 is 9.47 Å². The summed E-state index contributed by atoms with van der Waals surface area (Å²) in [4.78, 5) is 0. The van der Waals surface area contributed by atoms with Gasteiger partial charge in [0.15, 0.2) is 0 Å². The van der Waals surface area contributed by atoms with Crippen LogP contribution in [-0.2, 0) is 4.74 Å². The first-order chi connectivity index (χ1) is 8.25. The first kappa shape index (κ1) is 12.4. The Kier molecular flexibility index (Phi) is 4.43. The smallest absolute Gasteiger partial charge is 0.119 e. The molecule has 0 saturated carbocycles. The van der Waals surface area contributed by atoms with Crippen molar-refractivity contribution in [1.29, 1.82) is 0 Å². The van der Waals surface area contributed by atoms with Gasteiger partial charge >= 0.3 is 0 Å². The number of hydrogen-bond donors (Lipinski definition) is 0. The fourth-order valence-electron chi connectivity index (χ4n) is 2.09. The molecule has 2 nitrogen and oxygen atoms in total. The van der Waals surface area contributed by atoms with Crippen LogP contribution in [0.1, 0.15) is 44.6 Å². The normalized spacial score (nSPS) is 20.5. The lowest BCUT2D eigenvalue weighted by atomic mass is 10.0. The Labute approximate surface area is 104 Å². The zero-order valence-corrected chi connectivity index (χ0v) is 10.8. The van der Waals surface area contributed by atoms with Crippen molar-refractivity contribution >= 4 is 0 Å². The van der Waals surface area contributed by atoms with E-state index in [-0.39, 0.29) is 6.10 Å². The highest BCUT2D eigenvalue weighted by Crippen LogP contribution is 2.21. The van der Waals surface area contributed by atoms with Crippen LogP contribution in [0.15, 0.2) is 24.3 Å². The van der Waals surface area contributed by atoms with Crippen LogP contribution in [0.2, 0.25) is 0 Å². The van der Waals surface area contributed by atoms with Crippen molar-refractivity contribution in [3.63, 3.8) is 0 Å². The number of ether oxygens (including phenoxy) is 2. The van der Waals surface area contributed by atoms with Crippen LogP contribution in [0.3, 0.4) is 0 Å². The van der Waals surface area contributed by atoms with Gasteiger partial charge in [-0.15, -0.1) is 0 Å². The maximum atomic E-state index is 5.81. The van der Waals surface area contributed by atoms with Gasteiger partial charge in [-0.05, 0) is 42.9 Å². The van der Waals surface area contributed by atoms with E-state index in [1.807, 2.05) is 6.07 Å². The Morgan fingerprint density at radius 2 is 2.24 bits per heavy atom. The van der Waals surface area contributed by atoms with Gasteiger partial charge in [0.1, 0.15) is 12.4 Å². The predicted molar refractivity (Wildman–Crippen MR) is 69.6 cm³/mol. The van der Waals surface area contributed by atoms with Crippen molar-refractivity contribution in [2.24, 2.45) is 0 Å². The van der Waals surface area contributed by atoms with E-state index in [9.17, 15) is 0 Å². The minimum absolute atomic E-state index is 0.284. The van der Waals surface area contributed by atoms with Gasteiger partial charge < -0.3 is 9.47 Å². The molecule has 0 N–H and O–H groups in total. The standard InChI is InChI=1S/C15H22O2/c1-12(2)13-6-5-8-14(10-13)17-11-15-7-3-4-9-16-15/h5-6,8,10,12,15H,3-4,7,9,11H2,1-2H3/t15-/m0/s1. The molecule has 2 rings (SSSR count). The van der Waals surface area contributed by atoms with Gasteiger partial charge in [-0.3, -0.25) is 0 Å². The summed E-state index contributed by atoms with van der Waals surface area (Å²) in [7, 11) is 0. The molecule has 94 valence electrons. The highest BCUT2D eigenvalue weighted by Gasteiger charge is 2.14. The molecule has 1 atom stereocenters. The second-order valence-corrected chi connectivity index (χ2v) is 5.03. The third kappa shape index (κ3) is 3.74. The van der Waals surface area contributed by atoms with Crippen LogP contribution in [-0.4, -0.2) is 19.3 Å². The molecule has 1 aliphatic heterocycles. The summed E-state index contributed by atoms with van der Waals surface area (Å²) in [6, 6.07) is 8.36. The zero-order chi connectivity index (χ0) is 12.1. The van der Waals surface area contributed by atoms with Crippen LogP contribution >= 0.6 is 0 Å². The molecule has 0 unspecified atom stereocenters. The highest BCUT2D eigenvalue weighted by atomic mass is 16.5. The van der Waals surface area contributed by atoms with E-state index in [4.69, 9.17) is 9.47 Å². The van der Waals surface area contributed by atoms with E-state index < -0.39 is 0 Å². The average Bonchev–Trinajstić information content (AvgIpc) is 2.38. The lowest BCUT2D eigenvalue weighted by molar-refractivity contribution is -0.0110. The van der Waals surface area contributed by atoms with Crippen LogP contribution in [0.4, 0.5) is 0 Å². The fourth-order valence-corrected chi connectivity index (χ4v) is 2.09. The van der Waals surface area contributed by atoms with Gasteiger partial charge in [0.05, 0.1) is 6.10 Å². The summed E-state index contributed by atoms with van der Waals surface area (Å²) in [6.07, 6.45) is 3.87. The summed E-state index contributed by atoms with van der Waals surface area (Å²) in [6.45, 7) is 5.97. The van der Waals surface area contributed by atoms with E-state index >= 15 is 0 Å². The summed E-state index contributed by atoms with van der Waals surface area (Å²) >= 11 is 0. The van der Waals surface area contributed by atoms with Gasteiger partial charge in [0, 0.05) is 6.61 Å². The maximum Gasteiger partial charge on any atom is 0.119 e. The first-order valence-electron chi connectivity index (χ1n) is 6.60. The molecule has 0 spiro atoms. The molecule has 17 heavy (non-hydrogen) atoms. The number of hydrogen-bond acceptors (Lipinski definition) is 2. The topological polar surface area (TPSA) is 18.5 Å². The van der Waals surface area contributed by atoms with E-state index in [0.29, 0.717) is 12.5 Å². The minimum Gasteiger partial charge on any atom is -0.491 e. The third-order valence-corrected chi connectivity index (χ3v) is 3.23. The SMILES string of the molecule is CC(C)c1cccc(OC[C@@H]2CCCCO2)c1. The van der Waals surface area contributed by atoms with E-state index in [2.05, 4.69) is 32.0 Å². The Morgan fingerprint density at radius 1 is 1.35 bits per heavy atom. The molecular formula is C15H22O2. The highest BCUT2D eigenvalue weighted by molar-refractivity contribution is 5.30. The molecule has 0 bridgehead atoms. The second-order valence-electron chi connectivity index (χ2n) is 5.03. The third-order valence-electron chi connectivity index (χ3n) is 3.23. The van der Waals surface area contributed by atoms with Crippen molar-refractivity contribution in [2.45, 2.75) is 45.1 Å². The molecule has 1 saturated heterocycles. The quantitative estimate of drug-likeness (QED) is 0.789. The zero-order valence-electron chi connectivity index (χ0n) is 10.8. The molecule has 0 amide bonds. The van der Waals surface area contributed by atoms with Crippen molar-refractivity contribution in [3.05, 3.63) is 29.8 Å². The summed E-state index contributed by atoms with van der Waals surface area (Å²) in [5, 5.41) is 0. The second kappa shape index (κ2) is 6.06. The van der Waals surface area contributed by atoms with Crippen LogP contribution in [0, 0.1) is 0 Å². The summed E-state index contributed by atoms with van der Waals surface area (Å²) < 4.78 is 11.5. The van der Waals surface area contributed by atoms with Crippen LogP contribution in [0.25, 0.3) is 0 Å². The van der Waals surface area contributed by atoms with Gasteiger partial charge in [-0.2, -0.15) is 0 Å². The average molecular weight is 234 g/mol. The monoisotopic (exact) mass is 234 g/mol. The van der Waals surface area contributed by atoms with Gasteiger partial charge in [-0.25, -0.2) is 0 Å². The fraction of sp³-hybridized carbons (Fsp3) is 0.600. The van der Waals surface area contributed by atoms with Crippen molar-refractivity contribution in [1.82, 2.24) is 0 Å². The van der Waals surface area contributed by atoms with Crippen LogP contribution < -0.4 is 4.74 Å². The largest absolute Gasteiger partial charge is 0.491 e. The summed E-state index contributed by atoms with van der Waals surface area (Å²) in [5.74, 6) is 1.51. The first-order valence-corrected chi connectivity index (χ1v) is 6.60. The van der Waals surface area contributed by atoms with Gasteiger partial charge in [0.2, 0.25) is 0 Å². The van der Waals surface area contributed by atoms with Gasteiger partial charge in [-0.1, -0.05) is 26.0 Å². The summed E-state index contributed by atoms with van der Waals surface area (Å²) in [5.41, 5.74) is 1.33. The number of rotatable bonds is 4. The lowest BCUT2D eigenvalue weighted by Crippen LogP contribution is -2.25. The van der Waals surface area contributed by atoms with Crippen molar-refractivity contribution in [2.75, 3.05) is 13.2 Å². The van der Waals surface area contributed by atoms with Crippen molar-refractivity contribution in [3.8, 4) is 5.75 Å². The molecule has 0 radical (unpaired) electrons. The lowest BCUT2D eigenvalue weighted by Gasteiger charge is -2.22. The molecule has 0 aliphatic carbocycles. The van der Waals surface area contributed by atoms with E-state index in [1.54, 1.807) is 0 Å². The van der Waals surface area contributed by atoms with Crippen LogP contribution in [0.5, 0.6) is 5.75 Å². The minimum atomic E-state index is 0.284. The molecule has 2 heteroatoms. The Hall–Kier alpha value is -1.02.